The molecule has 5 nitrogen and oxygen atoms in total. The summed E-state index contributed by atoms with van der Waals surface area (Å²) in [5.41, 5.74) is 2.17. The van der Waals surface area contributed by atoms with E-state index in [2.05, 4.69) is 9.71 Å². The number of benzene rings is 2. The molecule has 0 aliphatic carbocycles. The number of hydrogen-bond donors (Lipinski definition) is 1. The first kappa shape index (κ1) is 16.3. The SMILES string of the molecule is COc1ccccc1CN=C1NS(=O)(=O)C(c2ccccc2)=C1C. The monoisotopic (exact) mass is 342 g/mol. The molecule has 0 saturated heterocycles. The van der Waals surface area contributed by atoms with Crippen molar-refractivity contribution in [3.8, 4) is 5.75 Å². The molecule has 1 aliphatic rings. The molecule has 0 aromatic heterocycles. The summed E-state index contributed by atoms with van der Waals surface area (Å²) in [4.78, 5) is 4.72. The summed E-state index contributed by atoms with van der Waals surface area (Å²) in [6.45, 7) is 2.10. The van der Waals surface area contributed by atoms with Crippen LogP contribution >= 0.6 is 0 Å². The largest absolute Gasteiger partial charge is 0.496 e. The van der Waals surface area contributed by atoms with Gasteiger partial charge in [0.2, 0.25) is 0 Å². The lowest BCUT2D eigenvalue weighted by Gasteiger charge is -2.06. The molecule has 1 aliphatic heterocycles. The van der Waals surface area contributed by atoms with E-state index in [1.54, 1.807) is 26.2 Å². The van der Waals surface area contributed by atoms with Crippen LogP contribution in [-0.2, 0) is 16.6 Å². The van der Waals surface area contributed by atoms with Crippen molar-refractivity contribution >= 4 is 20.8 Å². The van der Waals surface area contributed by atoms with Crippen LogP contribution in [0.3, 0.4) is 0 Å². The van der Waals surface area contributed by atoms with Crippen molar-refractivity contribution in [2.24, 2.45) is 4.99 Å². The summed E-state index contributed by atoms with van der Waals surface area (Å²) in [6.07, 6.45) is 0. The number of para-hydroxylation sites is 1. The van der Waals surface area contributed by atoms with Crippen LogP contribution in [0.1, 0.15) is 18.1 Å². The molecule has 2 aromatic rings. The predicted molar refractivity (Wildman–Crippen MR) is 95.2 cm³/mol. The number of methoxy groups -OCH3 is 1. The van der Waals surface area contributed by atoms with Crippen molar-refractivity contribution in [1.29, 1.82) is 0 Å². The van der Waals surface area contributed by atoms with Gasteiger partial charge in [0, 0.05) is 11.1 Å². The summed E-state index contributed by atoms with van der Waals surface area (Å²) < 4.78 is 32.7. The molecule has 0 bridgehead atoms. The van der Waals surface area contributed by atoms with Crippen molar-refractivity contribution in [2.75, 3.05) is 7.11 Å². The van der Waals surface area contributed by atoms with Gasteiger partial charge in [0.1, 0.15) is 16.5 Å². The Kier molecular flexibility index (Phi) is 4.40. The Hall–Kier alpha value is -2.60. The van der Waals surface area contributed by atoms with Crippen LogP contribution in [0.15, 0.2) is 65.2 Å². The molecule has 0 unspecified atom stereocenters. The Labute approximate surface area is 141 Å². The first-order valence-corrected chi connectivity index (χ1v) is 8.97. The molecular weight excluding hydrogens is 324 g/mol. The second kappa shape index (κ2) is 6.49. The third-order valence-corrected chi connectivity index (χ3v) is 5.37. The number of ether oxygens (including phenoxy) is 1. The average molecular weight is 342 g/mol. The van der Waals surface area contributed by atoms with Gasteiger partial charge in [-0.2, -0.15) is 0 Å². The molecule has 0 saturated carbocycles. The number of rotatable bonds is 4. The van der Waals surface area contributed by atoms with Gasteiger partial charge in [-0.15, -0.1) is 0 Å². The fourth-order valence-corrected chi connectivity index (χ4v) is 4.19. The van der Waals surface area contributed by atoms with Gasteiger partial charge >= 0.3 is 0 Å². The van der Waals surface area contributed by atoms with Crippen LogP contribution in [0.2, 0.25) is 0 Å². The van der Waals surface area contributed by atoms with Crippen LogP contribution < -0.4 is 9.46 Å². The highest BCUT2D eigenvalue weighted by atomic mass is 32.2. The van der Waals surface area contributed by atoms with E-state index >= 15 is 0 Å². The normalized spacial score (nSPS) is 17.8. The van der Waals surface area contributed by atoms with E-state index < -0.39 is 10.0 Å². The zero-order valence-electron chi connectivity index (χ0n) is 13.5. The molecule has 24 heavy (non-hydrogen) atoms. The van der Waals surface area contributed by atoms with Gasteiger partial charge in [-0.05, 0) is 18.6 Å². The summed E-state index contributed by atoms with van der Waals surface area (Å²) in [6, 6.07) is 16.6. The smallest absolute Gasteiger partial charge is 0.264 e. The Morgan fingerprint density at radius 3 is 2.42 bits per heavy atom. The van der Waals surface area contributed by atoms with Crippen LogP contribution in [0.5, 0.6) is 5.75 Å². The zero-order chi connectivity index (χ0) is 17.2. The third kappa shape index (κ3) is 3.05. The van der Waals surface area contributed by atoms with Gasteiger partial charge in [-0.25, -0.2) is 8.42 Å². The summed E-state index contributed by atoms with van der Waals surface area (Å²) in [5.74, 6) is 1.10. The molecule has 6 heteroatoms. The Morgan fingerprint density at radius 2 is 1.71 bits per heavy atom. The minimum Gasteiger partial charge on any atom is -0.496 e. The van der Waals surface area contributed by atoms with E-state index in [1.165, 1.54) is 0 Å². The van der Waals surface area contributed by atoms with Crippen molar-refractivity contribution in [2.45, 2.75) is 13.5 Å². The highest BCUT2D eigenvalue weighted by molar-refractivity contribution is 8.00. The molecule has 3 rings (SSSR count). The van der Waals surface area contributed by atoms with E-state index in [0.29, 0.717) is 23.5 Å². The maximum Gasteiger partial charge on any atom is 0.264 e. The summed E-state index contributed by atoms with van der Waals surface area (Å²) in [5, 5.41) is 0. The molecule has 1 heterocycles. The summed E-state index contributed by atoms with van der Waals surface area (Å²) >= 11 is 0. The fourth-order valence-electron chi connectivity index (χ4n) is 2.67. The van der Waals surface area contributed by atoms with E-state index in [-0.39, 0.29) is 4.91 Å². The molecule has 0 atom stereocenters. The minimum absolute atomic E-state index is 0.280. The maximum atomic E-state index is 12.4. The topological polar surface area (TPSA) is 67.8 Å². The maximum absolute atomic E-state index is 12.4. The molecule has 0 radical (unpaired) electrons. The van der Waals surface area contributed by atoms with Gasteiger partial charge in [-0.3, -0.25) is 9.71 Å². The first-order chi connectivity index (χ1) is 11.5. The number of aliphatic imine (C=N–C) groups is 1. The standard InChI is InChI=1S/C18H18N2O3S/c1-13-17(14-8-4-3-5-9-14)24(21,22)20-18(13)19-12-15-10-6-7-11-16(15)23-2/h3-11H,12H2,1-2H3,(H,19,20). The molecular formula is C18H18N2O3S. The van der Waals surface area contributed by atoms with Crippen molar-refractivity contribution in [1.82, 2.24) is 4.72 Å². The number of amidine groups is 1. The zero-order valence-corrected chi connectivity index (χ0v) is 14.3. The van der Waals surface area contributed by atoms with E-state index in [1.807, 2.05) is 42.5 Å². The number of nitrogens with one attached hydrogen (secondary N) is 1. The van der Waals surface area contributed by atoms with Crippen molar-refractivity contribution in [3.05, 3.63) is 71.3 Å². The van der Waals surface area contributed by atoms with Crippen LogP contribution in [-0.4, -0.2) is 21.4 Å². The number of nitrogens with zero attached hydrogens (tertiary/aromatic N) is 1. The van der Waals surface area contributed by atoms with E-state index in [0.717, 1.165) is 11.3 Å². The lowest BCUT2D eigenvalue weighted by molar-refractivity contribution is 0.410. The number of sulfonamides is 1. The molecule has 0 amide bonds. The highest BCUT2D eigenvalue weighted by Gasteiger charge is 2.32. The molecule has 0 spiro atoms. The fraction of sp³-hybridized carbons (Fsp3) is 0.167. The molecule has 124 valence electrons. The predicted octanol–water partition coefficient (Wildman–Crippen LogP) is 2.96. The Balaban J connectivity index is 1.97. The molecule has 0 fully saturated rings. The van der Waals surface area contributed by atoms with Crippen molar-refractivity contribution in [3.63, 3.8) is 0 Å². The average Bonchev–Trinajstić information content (AvgIpc) is 2.82. The quantitative estimate of drug-likeness (QED) is 0.929. The van der Waals surface area contributed by atoms with Gasteiger partial charge < -0.3 is 4.74 Å². The van der Waals surface area contributed by atoms with Gasteiger partial charge in [0.05, 0.1) is 13.7 Å². The van der Waals surface area contributed by atoms with Gasteiger partial charge in [0.15, 0.2) is 0 Å². The second-order valence-corrected chi connectivity index (χ2v) is 7.02. The third-order valence-electron chi connectivity index (χ3n) is 3.83. The Morgan fingerprint density at radius 1 is 1.04 bits per heavy atom. The molecule has 2 aromatic carbocycles. The minimum atomic E-state index is -3.59. The molecule has 1 N–H and O–H groups in total. The van der Waals surface area contributed by atoms with Crippen LogP contribution in [0.25, 0.3) is 4.91 Å². The lowest BCUT2D eigenvalue weighted by atomic mass is 10.1. The lowest BCUT2D eigenvalue weighted by Crippen LogP contribution is -2.23. The summed E-state index contributed by atoms with van der Waals surface area (Å²) in [7, 11) is -1.99. The van der Waals surface area contributed by atoms with Crippen LogP contribution in [0, 0.1) is 0 Å². The van der Waals surface area contributed by atoms with Crippen LogP contribution in [0.4, 0.5) is 0 Å². The first-order valence-electron chi connectivity index (χ1n) is 7.49. The second-order valence-electron chi connectivity index (χ2n) is 5.40. The Bertz CT molecular complexity index is 916. The van der Waals surface area contributed by atoms with E-state index in [4.69, 9.17) is 4.74 Å². The van der Waals surface area contributed by atoms with Gasteiger partial charge in [0.25, 0.3) is 10.0 Å². The van der Waals surface area contributed by atoms with E-state index in [9.17, 15) is 8.42 Å². The van der Waals surface area contributed by atoms with Crippen molar-refractivity contribution < 1.29 is 13.2 Å². The van der Waals surface area contributed by atoms with Gasteiger partial charge in [-0.1, -0.05) is 48.5 Å². The number of hydrogen-bond acceptors (Lipinski definition) is 4. The highest BCUT2D eigenvalue weighted by Crippen LogP contribution is 2.30.